The first-order valence-corrected chi connectivity index (χ1v) is 4.59. The molecule has 0 atom stereocenters. The number of carboxylic acids is 1. The highest BCUT2D eigenvalue weighted by Crippen LogP contribution is 2.52. The summed E-state index contributed by atoms with van der Waals surface area (Å²) in [5.41, 5.74) is -5.16. The van der Waals surface area contributed by atoms with Gasteiger partial charge in [-0.3, -0.25) is 10.1 Å². The van der Waals surface area contributed by atoms with E-state index in [2.05, 4.69) is 4.74 Å². The second-order valence-corrected chi connectivity index (χ2v) is 3.61. The number of aromatic carboxylic acids is 1. The van der Waals surface area contributed by atoms with Gasteiger partial charge in [-0.2, -0.15) is 17.6 Å². The van der Waals surface area contributed by atoms with Crippen LogP contribution in [0.3, 0.4) is 0 Å². The number of nitro benzene ring substituents is 1. The van der Waals surface area contributed by atoms with E-state index in [0.29, 0.717) is 0 Å². The zero-order valence-electron chi connectivity index (χ0n) is 8.69. The van der Waals surface area contributed by atoms with Crippen molar-refractivity contribution in [1.29, 1.82) is 0 Å². The topological polar surface area (TPSA) is 89.7 Å². The lowest BCUT2D eigenvalue weighted by molar-refractivity contribution is -0.385. The number of carbonyl (C=O) groups is 1. The molecular weight excluding hydrogens is 278 g/mol. The van der Waals surface area contributed by atoms with Gasteiger partial charge in [0.05, 0.1) is 16.1 Å². The number of hydrogen-bond donors (Lipinski definition) is 1. The Morgan fingerprint density at radius 1 is 1.21 bits per heavy atom. The first kappa shape index (κ1) is 13.2. The molecule has 10 heteroatoms. The van der Waals surface area contributed by atoms with Crippen LogP contribution in [0.1, 0.15) is 21.5 Å². The highest BCUT2D eigenvalue weighted by molar-refractivity contribution is 5.93. The van der Waals surface area contributed by atoms with Crippen molar-refractivity contribution in [2.45, 2.75) is 12.2 Å². The summed E-state index contributed by atoms with van der Waals surface area (Å²) in [6, 6.07) is 0.205. The van der Waals surface area contributed by atoms with E-state index >= 15 is 0 Å². The standard InChI is InChI=1S/C9H3F4NO5/c10-8(11)4-1-3(7(15)16)6(14(17)18)2-5(4)9(12,13)19-8/h1-2H,(H,15,16). The van der Waals surface area contributed by atoms with Gasteiger partial charge in [-0.15, -0.1) is 0 Å². The minimum Gasteiger partial charge on any atom is -0.477 e. The molecule has 0 saturated carbocycles. The summed E-state index contributed by atoms with van der Waals surface area (Å²) in [7, 11) is 0. The summed E-state index contributed by atoms with van der Waals surface area (Å²) in [6.07, 6.45) is -8.85. The Morgan fingerprint density at radius 2 is 1.68 bits per heavy atom. The van der Waals surface area contributed by atoms with Gasteiger partial charge in [-0.1, -0.05) is 0 Å². The van der Waals surface area contributed by atoms with Gasteiger partial charge in [0, 0.05) is 6.07 Å². The van der Waals surface area contributed by atoms with E-state index in [-0.39, 0.29) is 12.1 Å². The van der Waals surface area contributed by atoms with E-state index < -0.39 is 45.5 Å². The second kappa shape index (κ2) is 3.63. The SMILES string of the molecule is O=C(O)c1cc2c(cc1[N+](=O)[O-])C(F)(F)OC2(F)F. The molecule has 1 heterocycles. The molecule has 0 spiro atoms. The highest BCUT2D eigenvalue weighted by atomic mass is 19.3. The van der Waals surface area contributed by atoms with E-state index in [1.165, 1.54) is 0 Å². The van der Waals surface area contributed by atoms with Crippen molar-refractivity contribution in [3.8, 4) is 0 Å². The Kier molecular flexibility index (Phi) is 2.53. The van der Waals surface area contributed by atoms with Crippen LogP contribution in [0.4, 0.5) is 23.2 Å². The quantitative estimate of drug-likeness (QED) is 0.510. The minimum absolute atomic E-state index is 0.0830. The first-order chi connectivity index (χ1) is 8.56. The van der Waals surface area contributed by atoms with Crippen molar-refractivity contribution in [3.63, 3.8) is 0 Å². The van der Waals surface area contributed by atoms with E-state index in [9.17, 15) is 32.5 Å². The van der Waals surface area contributed by atoms with Crippen LogP contribution in [0.2, 0.25) is 0 Å². The molecule has 102 valence electrons. The zero-order valence-corrected chi connectivity index (χ0v) is 8.69. The van der Waals surface area contributed by atoms with E-state index in [1.54, 1.807) is 0 Å². The van der Waals surface area contributed by atoms with Gasteiger partial charge in [-0.25, -0.2) is 9.53 Å². The fraction of sp³-hybridized carbons (Fsp3) is 0.222. The van der Waals surface area contributed by atoms with Crippen LogP contribution in [0.15, 0.2) is 12.1 Å². The predicted octanol–water partition coefficient (Wildman–Crippen LogP) is 2.42. The van der Waals surface area contributed by atoms with Crippen molar-refractivity contribution < 1.29 is 37.1 Å². The fourth-order valence-electron chi connectivity index (χ4n) is 1.66. The van der Waals surface area contributed by atoms with Crippen molar-refractivity contribution in [2.75, 3.05) is 0 Å². The summed E-state index contributed by atoms with van der Waals surface area (Å²) in [5.74, 6) is -1.89. The van der Waals surface area contributed by atoms with Crippen LogP contribution in [-0.2, 0) is 17.0 Å². The molecule has 6 nitrogen and oxygen atoms in total. The number of fused-ring (bicyclic) bond motifs is 1. The number of nitro groups is 1. The summed E-state index contributed by atoms with van der Waals surface area (Å²) < 4.78 is 55.8. The Hall–Kier alpha value is -2.23. The maximum absolute atomic E-state index is 13.1. The molecule has 19 heavy (non-hydrogen) atoms. The lowest BCUT2D eigenvalue weighted by Crippen LogP contribution is -2.17. The molecular formula is C9H3F4NO5. The van der Waals surface area contributed by atoms with Gasteiger partial charge >= 0.3 is 18.2 Å². The summed E-state index contributed by atoms with van der Waals surface area (Å²) in [4.78, 5) is 20.0. The largest absolute Gasteiger partial charge is 0.477 e. The molecule has 0 bridgehead atoms. The Bertz CT molecular complexity index is 550. The number of rotatable bonds is 2. The third-order valence-corrected chi connectivity index (χ3v) is 2.45. The third-order valence-electron chi connectivity index (χ3n) is 2.45. The van der Waals surface area contributed by atoms with Gasteiger partial charge in [0.2, 0.25) is 0 Å². The highest BCUT2D eigenvalue weighted by Gasteiger charge is 2.58. The lowest BCUT2D eigenvalue weighted by Gasteiger charge is -2.10. The van der Waals surface area contributed by atoms with Crippen LogP contribution < -0.4 is 0 Å². The number of alkyl halides is 4. The summed E-state index contributed by atoms with van der Waals surface area (Å²) in [6.45, 7) is 0. The average molecular weight is 281 g/mol. The minimum atomic E-state index is -4.43. The number of nitrogens with zero attached hydrogens (tertiary/aromatic N) is 1. The van der Waals surface area contributed by atoms with Gasteiger partial charge < -0.3 is 5.11 Å². The van der Waals surface area contributed by atoms with E-state index in [1.807, 2.05) is 0 Å². The zero-order chi connectivity index (χ0) is 14.6. The first-order valence-electron chi connectivity index (χ1n) is 4.59. The normalized spacial score (nSPS) is 18.9. The van der Waals surface area contributed by atoms with Gasteiger partial charge in [-0.05, 0) is 6.07 Å². The number of hydrogen-bond acceptors (Lipinski definition) is 4. The molecule has 1 aromatic carbocycles. The predicted molar refractivity (Wildman–Crippen MR) is 48.9 cm³/mol. The Morgan fingerprint density at radius 3 is 2.11 bits per heavy atom. The van der Waals surface area contributed by atoms with Crippen LogP contribution in [0.25, 0.3) is 0 Å². The Balaban J connectivity index is 2.79. The lowest BCUT2D eigenvalue weighted by atomic mass is 10.0. The van der Waals surface area contributed by atoms with Gasteiger partial charge in [0.1, 0.15) is 5.56 Å². The molecule has 0 aliphatic carbocycles. The van der Waals surface area contributed by atoms with Gasteiger partial charge in [0.15, 0.2) is 0 Å². The van der Waals surface area contributed by atoms with Crippen molar-refractivity contribution in [1.82, 2.24) is 0 Å². The van der Waals surface area contributed by atoms with Crippen LogP contribution in [0.5, 0.6) is 0 Å². The number of ether oxygens (including phenoxy) is 1. The van der Waals surface area contributed by atoms with Crippen molar-refractivity contribution in [3.05, 3.63) is 38.9 Å². The molecule has 0 unspecified atom stereocenters. The van der Waals surface area contributed by atoms with Crippen LogP contribution in [0, 0.1) is 10.1 Å². The number of halogens is 4. The van der Waals surface area contributed by atoms with Crippen molar-refractivity contribution in [2.24, 2.45) is 0 Å². The van der Waals surface area contributed by atoms with Crippen molar-refractivity contribution >= 4 is 11.7 Å². The molecule has 1 aromatic rings. The monoisotopic (exact) mass is 281 g/mol. The number of carboxylic acid groups (broad SMARTS) is 1. The average Bonchev–Trinajstić information content (AvgIpc) is 2.42. The maximum Gasteiger partial charge on any atom is 0.388 e. The molecule has 0 amide bonds. The smallest absolute Gasteiger partial charge is 0.388 e. The fourth-order valence-corrected chi connectivity index (χ4v) is 1.66. The third kappa shape index (κ3) is 1.89. The molecule has 0 saturated heterocycles. The Labute approximate surface area is 101 Å². The molecule has 0 fully saturated rings. The van der Waals surface area contributed by atoms with Crippen LogP contribution >= 0.6 is 0 Å². The second-order valence-electron chi connectivity index (χ2n) is 3.61. The summed E-state index contributed by atoms with van der Waals surface area (Å²) >= 11 is 0. The van der Waals surface area contributed by atoms with E-state index in [4.69, 9.17) is 5.11 Å². The molecule has 2 rings (SSSR count). The summed E-state index contributed by atoms with van der Waals surface area (Å²) in [5, 5.41) is 19.2. The van der Waals surface area contributed by atoms with E-state index in [0.717, 1.165) is 0 Å². The molecule has 1 aliphatic heterocycles. The van der Waals surface area contributed by atoms with Crippen LogP contribution in [-0.4, -0.2) is 16.0 Å². The molecule has 0 radical (unpaired) electrons. The molecule has 0 aromatic heterocycles. The number of benzene rings is 1. The molecule has 1 aliphatic rings. The molecule has 1 N–H and O–H groups in total. The maximum atomic E-state index is 13.1. The van der Waals surface area contributed by atoms with Gasteiger partial charge in [0.25, 0.3) is 5.69 Å².